The first-order valence-electron chi connectivity index (χ1n) is 7.36. The molecule has 118 valence electrons. The molecule has 1 heterocycles. The second kappa shape index (κ2) is 5.23. The average molecular weight is 301 g/mol. The van der Waals surface area contributed by atoms with E-state index in [0.717, 1.165) is 17.1 Å². The zero-order chi connectivity index (χ0) is 16.7. The summed E-state index contributed by atoms with van der Waals surface area (Å²) in [6, 6.07) is 8.64. The Kier molecular flexibility index (Phi) is 3.85. The van der Waals surface area contributed by atoms with Crippen LogP contribution in [0.5, 0.6) is 0 Å². The van der Waals surface area contributed by atoms with Crippen LogP contribution in [-0.2, 0) is 10.8 Å². The highest BCUT2D eigenvalue weighted by Gasteiger charge is 2.26. The lowest BCUT2D eigenvalue weighted by molar-refractivity contribution is -0.384. The van der Waals surface area contributed by atoms with Gasteiger partial charge in [-0.2, -0.15) is 5.10 Å². The van der Waals surface area contributed by atoms with E-state index in [1.807, 2.05) is 4.68 Å². The normalized spacial score (nSPS) is 12.5. The number of nitrogens with zero attached hydrogens (tertiary/aromatic N) is 3. The number of non-ortho nitro benzene ring substituents is 1. The largest absolute Gasteiger partial charge is 0.269 e. The van der Waals surface area contributed by atoms with Crippen molar-refractivity contribution in [3.63, 3.8) is 0 Å². The minimum absolute atomic E-state index is 0.0496. The first kappa shape index (κ1) is 16.2. The van der Waals surface area contributed by atoms with Gasteiger partial charge >= 0.3 is 0 Å². The Bertz CT molecular complexity index is 686. The van der Waals surface area contributed by atoms with Gasteiger partial charge in [-0.1, -0.05) is 41.5 Å². The molecule has 1 aromatic heterocycles. The van der Waals surface area contributed by atoms with Crippen molar-refractivity contribution in [2.45, 2.75) is 52.4 Å². The zero-order valence-corrected chi connectivity index (χ0v) is 14.0. The molecule has 1 aromatic carbocycles. The van der Waals surface area contributed by atoms with Crippen LogP contribution < -0.4 is 0 Å². The molecule has 0 unspecified atom stereocenters. The lowest BCUT2D eigenvalue weighted by atomic mass is 9.88. The Morgan fingerprint density at radius 2 is 1.55 bits per heavy atom. The molecule has 0 fully saturated rings. The topological polar surface area (TPSA) is 61.0 Å². The Labute approximate surface area is 131 Å². The number of aromatic nitrogens is 2. The van der Waals surface area contributed by atoms with Gasteiger partial charge in [-0.05, 0) is 18.2 Å². The van der Waals surface area contributed by atoms with Gasteiger partial charge < -0.3 is 0 Å². The zero-order valence-electron chi connectivity index (χ0n) is 14.0. The summed E-state index contributed by atoms with van der Waals surface area (Å²) in [6.07, 6.45) is 0. The molecule has 0 N–H and O–H groups in total. The quantitative estimate of drug-likeness (QED) is 0.611. The van der Waals surface area contributed by atoms with Crippen molar-refractivity contribution in [1.29, 1.82) is 0 Å². The van der Waals surface area contributed by atoms with Gasteiger partial charge in [-0.15, -0.1) is 0 Å². The molecule has 0 radical (unpaired) electrons. The van der Waals surface area contributed by atoms with E-state index in [0.29, 0.717) is 0 Å². The molecule has 0 aliphatic rings. The van der Waals surface area contributed by atoms with E-state index >= 15 is 0 Å². The maximum absolute atomic E-state index is 10.8. The van der Waals surface area contributed by atoms with Crippen molar-refractivity contribution < 1.29 is 4.92 Å². The lowest BCUT2D eigenvalue weighted by Gasteiger charge is -2.20. The summed E-state index contributed by atoms with van der Waals surface area (Å²) in [5.74, 6) is 0. The van der Waals surface area contributed by atoms with Crippen molar-refractivity contribution >= 4 is 5.69 Å². The molecule has 0 spiro atoms. The molecule has 2 rings (SSSR count). The summed E-state index contributed by atoms with van der Waals surface area (Å²) < 4.78 is 1.89. The number of rotatable bonds is 2. The van der Waals surface area contributed by atoms with Crippen molar-refractivity contribution in [3.8, 4) is 5.69 Å². The Morgan fingerprint density at radius 1 is 1.00 bits per heavy atom. The van der Waals surface area contributed by atoms with Gasteiger partial charge in [0, 0.05) is 28.7 Å². The molecule has 0 bridgehead atoms. The van der Waals surface area contributed by atoms with Gasteiger partial charge in [-0.3, -0.25) is 10.1 Å². The fraction of sp³-hybridized carbons (Fsp3) is 0.471. The summed E-state index contributed by atoms with van der Waals surface area (Å²) in [5, 5.41) is 15.5. The molecule has 5 nitrogen and oxygen atoms in total. The molecular weight excluding hydrogens is 278 g/mol. The highest BCUT2D eigenvalue weighted by atomic mass is 16.6. The number of hydrogen-bond acceptors (Lipinski definition) is 3. The van der Waals surface area contributed by atoms with E-state index in [-0.39, 0.29) is 16.5 Å². The fourth-order valence-corrected chi connectivity index (χ4v) is 2.19. The van der Waals surface area contributed by atoms with Gasteiger partial charge in [0.1, 0.15) is 0 Å². The predicted octanol–water partition coefficient (Wildman–Crippen LogP) is 4.38. The van der Waals surface area contributed by atoms with Crippen LogP contribution in [-0.4, -0.2) is 14.7 Å². The lowest BCUT2D eigenvalue weighted by Crippen LogP contribution is -2.17. The third-order valence-corrected chi connectivity index (χ3v) is 3.55. The van der Waals surface area contributed by atoms with E-state index in [2.05, 4.69) is 47.6 Å². The molecule has 0 saturated heterocycles. The number of benzene rings is 1. The van der Waals surface area contributed by atoms with Gasteiger partial charge in [0.2, 0.25) is 0 Å². The highest BCUT2D eigenvalue weighted by molar-refractivity contribution is 5.42. The fourth-order valence-electron chi connectivity index (χ4n) is 2.19. The van der Waals surface area contributed by atoms with Crippen LogP contribution >= 0.6 is 0 Å². The molecule has 0 atom stereocenters. The van der Waals surface area contributed by atoms with E-state index in [9.17, 15) is 10.1 Å². The first-order valence-corrected chi connectivity index (χ1v) is 7.36. The summed E-state index contributed by atoms with van der Waals surface area (Å²) in [6.45, 7) is 12.8. The number of hydrogen-bond donors (Lipinski definition) is 0. The third-order valence-electron chi connectivity index (χ3n) is 3.55. The van der Waals surface area contributed by atoms with Crippen molar-refractivity contribution in [1.82, 2.24) is 9.78 Å². The molecule has 0 aliphatic carbocycles. The molecule has 0 saturated carbocycles. The monoisotopic (exact) mass is 301 g/mol. The highest BCUT2D eigenvalue weighted by Crippen LogP contribution is 2.30. The maximum Gasteiger partial charge on any atom is 0.269 e. The van der Waals surface area contributed by atoms with Crippen LogP contribution in [0.15, 0.2) is 30.3 Å². The van der Waals surface area contributed by atoms with E-state index in [1.54, 1.807) is 12.1 Å². The number of nitro benzene ring substituents is 1. The van der Waals surface area contributed by atoms with Crippen molar-refractivity contribution in [2.24, 2.45) is 0 Å². The van der Waals surface area contributed by atoms with Crippen LogP contribution in [0, 0.1) is 10.1 Å². The summed E-state index contributed by atoms with van der Waals surface area (Å²) in [5.41, 5.74) is 2.90. The van der Waals surface area contributed by atoms with Crippen molar-refractivity contribution in [2.75, 3.05) is 0 Å². The molecule has 5 heteroatoms. The van der Waals surface area contributed by atoms with E-state index < -0.39 is 4.92 Å². The first-order chi connectivity index (χ1) is 10.00. The minimum atomic E-state index is -0.391. The van der Waals surface area contributed by atoms with Crippen LogP contribution in [0.2, 0.25) is 0 Å². The molecular formula is C17H23N3O2. The molecule has 0 amide bonds. The van der Waals surface area contributed by atoms with Gasteiger partial charge in [0.15, 0.2) is 0 Å². The van der Waals surface area contributed by atoms with E-state index in [1.165, 1.54) is 12.1 Å². The van der Waals surface area contributed by atoms with Gasteiger partial charge in [0.25, 0.3) is 5.69 Å². The minimum Gasteiger partial charge on any atom is -0.258 e. The molecule has 2 aromatic rings. The smallest absolute Gasteiger partial charge is 0.258 e. The van der Waals surface area contributed by atoms with Crippen LogP contribution in [0.3, 0.4) is 0 Å². The third kappa shape index (κ3) is 3.18. The maximum atomic E-state index is 10.8. The Morgan fingerprint density at radius 3 is 1.95 bits per heavy atom. The Balaban J connectivity index is 2.58. The van der Waals surface area contributed by atoms with Crippen LogP contribution in [0.4, 0.5) is 5.69 Å². The van der Waals surface area contributed by atoms with Gasteiger partial charge in [0.05, 0.1) is 16.3 Å². The average Bonchev–Trinajstić information content (AvgIpc) is 2.83. The molecule has 0 aliphatic heterocycles. The standard InChI is InChI=1S/C17H23N3O2/c1-16(2,3)14-11-15(17(4,5)6)19(18-14)12-7-9-13(10-8-12)20(21)22/h7-11H,1-6H3. The second-order valence-corrected chi connectivity index (χ2v) is 7.60. The van der Waals surface area contributed by atoms with E-state index in [4.69, 9.17) is 5.10 Å². The Hall–Kier alpha value is -2.17. The molecule has 22 heavy (non-hydrogen) atoms. The van der Waals surface area contributed by atoms with Gasteiger partial charge in [-0.25, -0.2) is 4.68 Å². The SMILES string of the molecule is CC(C)(C)c1cc(C(C)(C)C)n(-c2ccc([N+](=O)[O-])cc2)n1. The summed E-state index contributed by atoms with van der Waals surface area (Å²) in [4.78, 5) is 10.4. The van der Waals surface area contributed by atoms with Crippen molar-refractivity contribution in [3.05, 3.63) is 51.8 Å². The number of nitro groups is 1. The predicted molar refractivity (Wildman–Crippen MR) is 87.6 cm³/mol. The summed E-state index contributed by atoms with van der Waals surface area (Å²) in [7, 11) is 0. The van der Waals surface area contributed by atoms with Crippen LogP contribution in [0.25, 0.3) is 5.69 Å². The van der Waals surface area contributed by atoms with Crippen LogP contribution in [0.1, 0.15) is 52.9 Å². The summed E-state index contributed by atoms with van der Waals surface area (Å²) >= 11 is 0. The second-order valence-electron chi connectivity index (χ2n) is 7.60.